The zero-order chi connectivity index (χ0) is 18.7. The van der Waals surface area contributed by atoms with Gasteiger partial charge in [-0.2, -0.15) is 0 Å². The Labute approximate surface area is 143 Å². The number of methoxy groups -OCH3 is 1. The molecule has 0 spiro atoms. The van der Waals surface area contributed by atoms with E-state index in [1.165, 1.54) is 12.2 Å². The smallest absolute Gasteiger partial charge is 0.384 e. The number of hydrogen-bond acceptors (Lipinski definition) is 7. The van der Waals surface area contributed by atoms with Crippen molar-refractivity contribution in [3.05, 3.63) is 22.3 Å². The Balaban J connectivity index is 2.84. The molecule has 0 aromatic carbocycles. The third kappa shape index (κ3) is 4.85. The second kappa shape index (κ2) is 7.73. The summed E-state index contributed by atoms with van der Waals surface area (Å²) in [7, 11) is -0.977. The van der Waals surface area contributed by atoms with Crippen LogP contribution in [0, 0.1) is 10.1 Å². The van der Waals surface area contributed by atoms with Gasteiger partial charge < -0.3 is 19.0 Å². The van der Waals surface area contributed by atoms with Gasteiger partial charge in [-0.3, -0.25) is 10.1 Å². The summed E-state index contributed by atoms with van der Waals surface area (Å²) in [6.07, 6.45) is -0.119. The van der Waals surface area contributed by atoms with E-state index in [2.05, 4.69) is 38.6 Å². The van der Waals surface area contributed by atoms with E-state index in [1.807, 2.05) is 0 Å². The van der Waals surface area contributed by atoms with Crippen molar-refractivity contribution in [2.24, 2.45) is 0 Å². The van der Waals surface area contributed by atoms with Crippen LogP contribution in [-0.4, -0.2) is 62.4 Å². The Kier molecular flexibility index (Phi) is 6.68. The second-order valence-electron chi connectivity index (χ2n) is 7.34. The molecule has 1 heterocycles. The molecule has 1 aliphatic rings. The van der Waals surface area contributed by atoms with E-state index in [0.29, 0.717) is 0 Å². The molecule has 0 aliphatic carbocycles. The molecule has 0 saturated carbocycles. The van der Waals surface area contributed by atoms with Gasteiger partial charge in [-0.05, 0) is 24.2 Å². The highest BCUT2D eigenvalue weighted by Gasteiger charge is 2.44. The number of carbonyl (C=O) groups is 1. The largest absolute Gasteiger partial charge is 0.464 e. The number of nitro groups is 1. The topological polar surface area (TPSA) is 108 Å². The fourth-order valence-corrected chi connectivity index (χ4v) is 2.97. The number of nitrogens with zero attached hydrogens (tertiary/aromatic N) is 1. The van der Waals surface area contributed by atoms with Crippen molar-refractivity contribution in [3.63, 3.8) is 0 Å². The van der Waals surface area contributed by atoms with Crippen molar-refractivity contribution in [2.75, 3.05) is 13.7 Å². The fraction of sp³-hybridized carbons (Fsp3) is 0.800. The first-order valence-corrected chi connectivity index (χ1v) is 10.7. The van der Waals surface area contributed by atoms with Gasteiger partial charge in [-0.15, -0.1) is 0 Å². The summed E-state index contributed by atoms with van der Waals surface area (Å²) in [5.41, 5.74) is 0. The lowest BCUT2D eigenvalue weighted by molar-refractivity contribution is -0.521. The Morgan fingerprint density at radius 3 is 2.46 bits per heavy atom. The van der Waals surface area contributed by atoms with Crippen LogP contribution in [0.4, 0.5) is 0 Å². The molecular weight excluding hydrogens is 334 g/mol. The number of aliphatic hydroxyl groups excluding tert-OH is 1. The fourth-order valence-electron chi connectivity index (χ4n) is 1.96. The van der Waals surface area contributed by atoms with Crippen LogP contribution in [0.3, 0.4) is 0 Å². The third-order valence-corrected chi connectivity index (χ3v) is 9.11. The van der Waals surface area contributed by atoms with Gasteiger partial charge in [-0.25, -0.2) is 4.79 Å². The molecule has 138 valence electrons. The molecule has 0 radical (unpaired) electrons. The number of carbonyl (C=O) groups excluding carboxylic acids is 1. The van der Waals surface area contributed by atoms with Crippen LogP contribution < -0.4 is 0 Å². The second-order valence-corrected chi connectivity index (χ2v) is 12.1. The summed E-state index contributed by atoms with van der Waals surface area (Å²) >= 11 is 0. The molecule has 4 atom stereocenters. The SMILES string of the molecule is COC(=O)C([C@H]1C=C[C@@H](O)[C@@H](CO[Si](C)(C)C(C)(C)C)O1)[N+](=O)[O-]. The zero-order valence-electron chi connectivity index (χ0n) is 15.0. The van der Waals surface area contributed by atoms with E-state index in [-0.39, 0.29) is 11.6 Å². The van der Waals surface area contributed by atoms with Gasteiger partial charge in [0.15, 0.2) is 14.4 Å². The Bertz CT molecular complexity index is 501. The van der Waals surface area contributed by atoms with Gasteiger partial charge in [0.25, 0.3) is 0 Å². The number of rotatable bonds is 6. The number of hydrogen-bond donors (Lipinski definition) is 1. The van der Waals surface area contributed by atoms with E-state index >= 15 is 0 Å². The average molecular weight is 361 g/mol. The normalized spacial score (nSPS) is 26.0. The first-order chi connectivity index (χ1) is 10.9. The molecule has 0 aromatic rings. The molecular formula is C15H27NO7Si. The van der Waals surface area contributed by atoms with Gasteiger partial charge in [-0.1, -0.05) is 26.8 Å². The van der Waals surface area contributed by atoms with Gasteiger partial charge in [0.05, 0.1) is 13.7 Å². The lowest BCUT2D eigenvalue weighted by Gasteiger charge is -2.38. The molecule has 0 bridgehead atoms. The number of esters is 1. The maximum Gasteiger partial charge on any atom is 0.384 e. The summed E-state index contributed by atoms with van der Waals surface area (Å²) in [5, 5.41) is 21.2. The molecule has 1 aliphatic heterocycles. The van der Waals surface area contributed by atoms with Gasteiger partial charge >= 0.3 is 12.0 Å². The van der Waals surface area contributed by atoms with Crippen LogP contribution in [0.2, 0.25) is 18.1 Å². The monoisotopic (exact) mass is 361 g/mol. The summed E-state index contributed by atoms with van der Waals surface area (Å²) in [5.74, 6) is -0.991. The molecule has 0 amide bonds. The minimum Gasteiger partial charge on any atom is -0.464 e. The van der Waals surface area contributed by atoms with E-state index in [0.717, 1.165) is 7.11 Å². The summed E-state index contributed by atoms with van der Waals surface area (Å²) in [6, 6.07) is -1.67. The molecule has 1 unspecified atom stereocenters. The zero-order valence-corrected chi connectivity index (χ0v) is 16.0. The third-order valence-electron chi connectivity index (χ3n) is 4.61. The molecule has 8 nitrogen and oxygen atoms in total. The lowest BCUT2D eigenvalue weighted by atomic mass is 10.0. The number of aliphatic hydroxyl groups is 1. The van der Waals surface area contributed by atoms with Gasteiger partial charge in [0.1, 0.15) is 12.2 Å². The summed E-state index contributed by atoms with van der Waals surface area (Å²) < 4.78 is 16.1. The van der Waals surface area contributed by atoms with Crippen molar-refractivity contribution in [3.8, 4) is 0 Å². The lowest BCUT2D eigenvalue weighted by Crippen LogP contribution is -2.50. The molecule has 0 saturated heterocycles. The van der Waals surface area contributed by atoms with Crippen molar-refractivity contribution in [1.29, 1.82) is 0 Å². The van der Waals surface area contributed by atoms with Crippen molar-refractivity contribution < 1.29 is 28.7 Å². The Morgan fingerprint density at radius 2 is 2.00 bits per heavy atom. The van der Waals surface area contributed by atoms with E-state index in [9.17, 15) is 20.0 Å². The van der Waals surface area contributed by atoms with E-state index in [1.54, 1.807) is 0 Å². The Hall–Kier alpha value is -1.29. The van der Waals surface area contributed by atoms with Crippen LogP contribution in [0.1, 0.15) is 20.8 Å². The van der Waals surface area contributed by atoms with Crippen LogP contribution >= 0.6 is 0 Å². The maximum atomic E-state index is 11.6. The minimum absolute atomic E-state index is 0.0166. The molecule has 24 heavy (non-hydrogen) atoms. The van der Waals surface area contributed by atoms with Crippen molar-refractivity contribution in [2.45, 2.75) is 63.3 Å². The van der Waals surface area contributed by atoms with E-state index < -0.39 is 43.6 Å². The van der Waals surface area contributed by atoms with Gasteiger partial charge in [0.2, 0.25) is 0 Å². The predicted octanol–water partition coefficient (Wildman–Crippen LogP) is 1.51. The standard InChI is InChI=1S/C15H27NO7Si/c1-15(2,3)24(5,6)22-9-12-10(17)7-8-11(23-12)13(16(19)20)14(18)21-4/h7-8,10-13,17H,9H2,1-6H3/t10-,11-,12-,13?/m1/s1. The van der Waals surface area contributed by atoms with Crippen LogP contribution in [0.25, 0.3) is 0 Å². The van der Waals surface area contributed by atoms with Crippen LogP contribution in [0.15, 0.2) is 12.2 Å². The molecule has 9 heteroatoms. The maximum absolute atomic E-state index is 11.6. The first kappa shape index (κ1) is 20.8. The quantitative estimate of drug-likeness (QED) is 0.251. The minimum atomic E-state index is -2.06. The number of ether oxygens (including phenoxy) is 2. The van der Waals surface area contributed by atoms with Crippen molar-refractivity contribution in [1.82, 2.24) is 0 Å². The molecule has 0 fully saturated rings. The highest BCUT2D eigenvalue weighted by atomic mass is 28.4. The van der Waals surface area contributed by atoms with E-state index in [4.69, 9.17) is 9.16 Å². The van der Waals surface area contributed by atoms with Crippen LogP contribution in [-0.2, 0) is 18.7 Å². The van der Waals surface area contributed by atoms with Crippen LogP contribution in [0.5, 0.6) is 0 Å². The van der Waals surface area contributed by atoms with Crippen molar-refractivity contribution >= 4 is 14.3 Å². The average Bonchev–Trinajstić information content (AvgIpc) is 2.46. The summed E-state index contributed by atoms with van der Waals surface area (Å²) in [6.45, 7) is 10.5. The Morgan fingerprint density at radius 1 is 1.42 bits per heavy atom. The highest BCUT2D eigenvalue weighted by Crippen LogP contribution is 2.37. The first-order valence-electron chi connectivity index (χ1n) is 7.78. The molecule has 0 aromatic heterocycles. The highest BCUT2D eigenvalue weighted by molar-refractivity contribution is 6.74. The predicted molar refractivity (Wildman–Crippen MR) is 89.8 cm³/mol. The van der Waals surface area contributed by atoms with Gasteiger partial charge in [0, 0.05) is 4.92 Å². The summed E-state index contributed by atoms with van der Waals surface area (Å²) in [4.78, 5) is 22.0. The molecule has 1 N–H and O–H groups in total. The molecule has 1 rings (SSSR count).